The molecule has 3 aliphatic heterocycles. The summed E-state index contributed by atoms with van der Waals surface area (Å²) in [6.07, 6.45) is -0.579. The minimum Gasteiger partial charge on any atom is -0.349 e. The number of rotatable bonds is 6. The summed E-state index contributed by atoms with van der Waals surface area (Å²) in [6.45, 7) is 0. The molecule has 3 amide bonds. The summed E-state index contributed by atoms with van der Waals surface area (Å²) in [5, 5.41) is 148. The van der Waals surface area contributed by atoms with Crippen LogP contribution >= 0.6 is 0 Å². The molecule has 3 aliphatic rings. The molecule has 2 fully saturated rings. The van der Waals surface area contributed by atoms with Gasteiger partial charge in [-0.1, -0.05) is 12.1 Å². The van der Waals surface area contributed by atoms with Crippen molar-refractivity contribution < 1.29 is 95.0 Å². The highest BCUT2D eigenvalue weighted by molar-refractivity contribution is 6.06. The van der Waals surface area contributed by atoms with Gasteiger partial charge in [0.2, 0.25) is 11.8 Å². The number of carbonyl (C=O) groups excluding carboxylic acids is 3. The fourth-order valence-corrected chi connectivity index (χ4v) is 5.54. The van der Waals surface area contributed by atoms with E-state index in [9.17, 15) is 85.9 Å². The Bertz CT molecular complexity index is 1680. The van der Waals surface area contributed by atoms with Gasteiger partial charge in [-0.15, -0.1) is 4.90 Å². The topological polar surface area (TPSA) is 374 Å². The van der Waals surface area contributed by atoms with E-state index in [0.29, 0.717) is 17.0 Å². The minimum atomic E-state index is -4.75. The lowest BCUT2D eigenvalue weighted by Crippen LogP contribution is -2.87. The summed E-state index contributed by atoms with van der Waals surface area (Å²) < 4.78 is 19.0. The summed E-state index contributed by atoms with van der Waals surface area (Å²) in [6, 6.07) is 2.24. The van der Waals surface area contributed by atoms with Crippen LogP contribution in [0.15, 0.2) is 36.4 Å². The van der Waals surface area contributed by atoms with Crippen LogP contribution in [0, 0.1) is 5.82 Å². The first-order valence-corrected chi connectivity index (χ1v) is 13.2. The predicted molar refractivity (Wildman–Crippen MR) is 139 cm³/mol. The first kappa shape index (κ1) is 35.4. The molecule has 16 N–H and O–H groups in total. The summed E-state index contributed by atoms with van der Waals surface area (Å²) in [5.74, 6) is -34.8. The monoisotopic (exact) mass is 690 g/mol. The normalized spacial score (nSPS) is 24.7. The molecule has 5 rings (SSSR count). The Morgan fingerprint density at radius 2 is 1.46 bits per heavy atom. The van der Waals surface area contributed by atoms with Crippen LogP contribution in [0.5, 0.6) is 0 Å². The minimum absolute atomic E-state index is 0.0290. The Morgan fingerprint density at radius 3 is 2.00 bits per heavy atom. The van der Waals surface area contributed by atoms with E-state index in [1.54, 1.807) is 0 Å². The highest BCUT2D eigenvalue weighted by Crippen LogP contribution is 2.48. The number of amides is 3. The molecule has 3 heterocycles. The number of morpholine rings is 1. The van der Waals surface area contributed by atoms with E-state index >= 15 is 4.39 Å². The molecule has 22 nitrogen and oxygen atoms in total. The zero-order valence-electron chi connectivity index (χ0n) is 23.6. The SMILES string of the molecule is O=C1CCC(N2C(=O)c3cccc(NC(O)(O)c4ccc(C(O)(O)N5C(O)(O)C(O)(O)OC(O)(O)C5(O)O)cc4F)c3C2(O)O)C(=O)N1. The van der Waals surface area contributed by atoms with Gasteiger partial charge in [-0.25, -0.2) is 4.39 Å². The number of fused-ring (bicyclic) bond motifs is 1. The molecule has 0 radical (unpaired) electrons. The number of anilines is 1. The third kappa shape index (κ3) is 5.02. The number of ether oxygens (including phenoxy) is 1. The summed E-state index contributed by atoms with van der Waals surface area (Å²) >= 11 is 0. The van der Waals surface area contributed by atoms with Gasteiger partial charge < -0.3 is 76.8 Å². The number of nitrogens with zero attached hydrogens (tertiary/aromatic N) is 2. The number of piperidine rings is 1. The highest BCUT2D eigenvalue weighted by atomic mass is 19.1. The smallest absolute Gasteiger partial charge is 0.349 e. The van der Waals surface area contributed by atoms with Crippen LogP contribution in [0.2, 0.25) is 0 Å². The lowest BCUT2D eigenvalue weighted by atomic mass is 10.0. The van der Waals surface area contributed by atoms with Crippen LogP contribution in [-0.4, -0.2) is 129 Å². The van der Waals surface area contributed by atoms with Gasteiger partial charge in [0.25, 0.3) is 23.6 Å². The van der Waals surface area contributed by atoms with Crippen molar-refractivity contribution in [2.24, 2.45) is 0 Å². The molecular formula is C25H27FN4O18. The van der Waals surface area contributed by atoms with Crippen molar-refractivity contribution in [1.29, 1.82) is 0 Å². The number of nitrogens with one attached hydrogen (secondary N) is 2. The molecule has 23 heteroatoms. The first-order valence-electron chi connectivity index (χ1n) is 13.2. The quantitative estimate of drug-likeness (QED) is 0.0988. The maximum atomic E-state index is 15.4. The second-order valence-electron chi connectivity index (χ2n) is 11.1. The number of hydrogen-bond acceptors (Lipinski definition) is 20. The Kier molecular flexibility index (Phi) is 7.80. The summed E-state index contributed by atoms with van der Waals surface area (Å²) in [5.41, 5.74) is -4.52. The molecular weight excluding hydrogens is 663 g/mol. The molecule has 0 aromatic heterocycles. The van der Waals surface area contributed by atoms with Crippen molar-refractivity contribution in [2.45, 2.75) is 60.4 Å². The van der Waals surface area contributed by atoms with Gasteiger partial charge in [-0.3, -0.25) is 29.3 Å². The van der Waals surface area contributed by atoms with Gasteiger partial charge in [0.1, 0.15) is 11.9 Å². The first-order chi connectivity index (χ1) is 21.7. The number of imide groups is 1. The molecule has 2 aromatic rings. The van der Waals surface area contributed by atoms with E-state index in [1.165, 1.54) is 0 Å². The highest BCUT2D eigenvalue weighted by Gasteiger charge is 2.78. The van der Waals surface area contributed by atoms with E-state index in [0.717, 1.165) is 18.2 Å². The van der Waals surface area contributed by atoms with Gasteiger partial charge in [-0.2, -0.15) is 0 Å². The van der Waals surface area contributed by atoms with E-state index < -0.39 is 104 Å². The Hall–Kier alpha value is -3.86. The van der Waals surface area contributed by atoms with Crippen LogP contribution in [0.25, 0.3) is 0 Å². The van der Waals surface area contributed by atoms with Crippen LogP contribution in [0.1, 0.15) is 39.9 Å². The number of aliphatic hydroxyl groups is 14. The van der Waals surface area contributed by atoms with Crippen LogP contribution < -0.4 is 10.6 Å². The Morgan fingerprint density at radius 1 is 0.875 bits per heavy atom. The van der Waals surface area contributed by atoms with Crippen LogP contribution in [0.3, 0.4) is 0 Å². The predicted octanol–water partition coefficient (Wildman–Crippen LogP) is -7.63. The maximum Gasteiger partial charge on any atom is 0.356 e. The van der Waals surface area contributed by atoms with Gasteiger partial charge in [0.15, 0.2) is 0 Å². The Labute approximate surface area is 264 Å². The summed E-state index contributed by atoms with van der Waals surface area (Å²) in [4.78, 5) is 36.1. The lowest BCUT2D eigenvalue weighted by molar-refractivity contribution is -0.681. The second-order valence-corrected chi connectivity index (χ2v) is 11.1. The zero-order chi connectivity index (χ0) is 36.2. The van der Waals surface area contributed by atoms with Crippen molar-refractivity contribution in [3.8, 4) is 0 Å². The largest absolute Gasteiger partial charge is 0.356 e. The van der Waals surface area contributed by atoms with Gasteiger partial charge in [0, 0.05) is 17.7 Å². The van der Waals surface area contributed by atoms with E-state index in [1.807, 2.05) is 10.6 Å². The van der Waals surface area contributed by atoms with E-state index in [4.69, 9.17) is 0 Å². The van der Waals surface area contributed by atoms with Crippen LogP contribution in [-0.2, 0) is 32.1 Å². The number of halogens is 1. The molecule has 2 saturated heterocycles. The maximum absolute atomic E-state index is 15.4. The van der Waals surface area contributed by atoms with Gasteiger partial charge >= 0.3 is 23.8 Å². The van der Waals surface area contributed by atoms with Crippen LogP contribution in [0.4, 0.5) is 10.1 Å². The molecule has 0 aliphatic carbocycles. The molecule has 2 aromatic carbocycles. The fraction of sp³-hybridized carbons (Fsp3) is 0.400. The Balaban J connectivity index is 1.50. The number of benzene rings is 2. The van der Waals surface area contributed by atoms with Crippen molar-refractivity contribution in [3.05, 3.63) is 64.5 Å². The molecule has 0 saturated carbocycles. The average Bonchev–Trinajstić information content (AvgIpc) is 3.12. The standard InChI is InChI=1S/C25H27FN4O18/c26-12-8-9(20(36,37)30-22(40,41)24(44,45)48-25(46,47)23(30,42)43)4-5-11(12)19(34,35)28-13-3-1-2-10-16(13)21(38,39)29(18(10)33)14-6-7-15(31)27-17(14)32/h1-5,8,14,28,34-47H,6-7H2,(H,27,31,32). The third-order valence-corrected chi connectivity index (χ3v) is 7.84. The molecule has 0 spiro atoms. The van der Waals surface area contributed by atoms with Crippen molar-refractivity contribution in [1.82, 2.24) is 15.1 Å². The van der Waals surface area contributed by atoms with Gasteiger partial charge in [0.05, 0.1) is 16.7 Å². The van der Waals surface area contributed by atoms with Gasteiger partial charge in [-0.05, 0) is 30.7 Å². The third-order valence-electron chi connectivity index (χ3n) is 7.84. The second kappa shape index (κ2) is 10.6. The average molecular weight is 690 g/mol. The number of hydrogen-bond donors (Lipinski definition) is 16. The summed E-state index contributed by atoms with van der Waals surface area (Å²) in [7, 11) is 0. The lowest BCUT2D eigenvalue weighted by Gasteiger charge is -2.57. The fourth-order valence-electron chi connectivity index (χ4n) is 5.54. The van der Waals surface area contributed by atoms with Crippen molar-refractivity contribution in [2.75, 3.05) is 5.32 Å². The molecule has 262 valence electrons. The molecule has 1 atom stereocenters. The molecule has 1 unspecified atom stereocenters. The molecule has 48 heavy (non-hydrogen) atoms. The molecule has 0 bridgehead atoms. The van der Waals surface area contributed by atoms with Crippen molar-refractivity contribution in [3.63, 3.8) is 0 Å². The number of carbonyl (C=O) groups is 3. The zero-order valence-corrected chi connectivity index (χ0v) is 23.6. The van der Waals surface area contributed by atoms with E-state index in [2.05, 4.69) is 4.74 Å². The van der Waals surface area contributed by atoms with Crippen molar-refractivity contribution >= 4 is 23.4 Å². The van der Waals surface area contributed by atoms with E-state index in [-0.39, 0.29) is 18.9 Å².